The molecule has 0 aromatic carbocycles. The lowest BCUT2D eigenvalue weighted by Crippen LogP contribution is -1.87. The van der Waals surface area contributed by atoms with Gasteiger partial charge >= 0.3 is 5.13 Å². The smallest absolute Gasteiger partial charge is 0.357 e. The van der Waals surface area contributed by atoms with E-state index in [4.69, 9.17) is 0 Å². The molecule has 58 valence electrons. The van der Waals surface area contributed by atoms with Gasteiger partial charge in [0.25, 0.3) is 0 Å². The number of hydrogen-bond acceptors (Lipinski definition) is 5. The predicted molar refractivity (Wildman–Crippen MR) is 38.9 cm³/mol. The monoisotopic (exact) mass is 172 g/mol. The summed E-state index contributed by atoms with van der Waals surface area (Å²) in [6.07, 6.45) is 0.513. The second kappa shape index (κ2) is 2.75. The van der Waals surface area contributed by atoms with Crippen LogP contribution < -0.4 is 0 Å². The summed E-state index contributed by atoms with van der Waals surface area (Å²) in [7, 11) is 0. The molecular weight excluding hydrogens is 168 g/mol. The van der Waals surface area contributed by atoms with E-state index in [0.29, 0.717) is 11.2 Å². The first-order valence-corrected chi connectivity index (χ1v) is 3.54. The molecule has 1 aromatic rings. The Morgan fingerprint density at radius 2 is 2.36 bits per heavy atom. The van der Waals surface area contributed by atoms with Crippen LogP contribution in [0.2, 0.25) is 0 Å². The molecule has 0 saturated carbocycles. The van der Waals surface area contributed by atoms with E-state index < -0.39 is 4.92 Å². The topological polar surface area (TPSA) is 73.1 Å². The molecule has 6 heteroatoms. The fraction of sp³-hybridized carbons (Fsp3) is 0.200. The number of aldehydes is 1. The highest BCUT2D eigenvalue weighted by Gasteiger charge is 2.17. The van der Waals surface area contributed by atoms with Crippen molar-refractivity contribution < 1.29 is 9.72 Å². The van der Waals surface area contributed by atoms with Crippen LogP contribution in [-0.2, 0) is 0 Å². The zero-order chi connectivity index (χ0) is 8.43. The van der Waals surface area contributed by atoms with E-state index >= 15 is 0 Å². The molecule has 0 spiro atoms. The van der Waals surface area contributed by atoms with Crippen LogP contribution in [0, 0.1) is 17.0 Å². The quantitative estimate of drug-likeness (QED) is 0.381. The third-order valence-electron chi connectivity index (χ3n) is 1.09. The number of nitrogens with zero attached hydrogens (tertiary/aromatic N) is 2. The summed E-state index contributed by atoms with van der Waals surface area (Å²) in [6, 6.07) is 0. The number of aryl methyl sites for hydroxylation is 1. The third kappa shape index (κ3) is 1.40. The molecule has 1 aromatic heterocycles. The van der Waals surface area contributed by atoms with Gasteiger partial charge in [0, 0.05) is 0 Å². The van der Waals surface area contributed by atoms with Gasteiger partial charge in [-0.2, -0.15) is 0 Å². The van der Waals surface area contributed by atoms with E-state index in [-0.39, 0.29) is 10.8 Å². The first kappa shape index (κ1) is 7.80. The minimum atomic E-state index is -0.606. The van der Waals surface area contributed by atoms with Crippen LogP contribution in [0.5, 0.6) is 0 Å². The Hall–Kier alpha value is -1.30. The molecule has 0 radical (unpaired) electrons. The first-order chi connectivity index (χ1) is 5.15. The van der Waals surface area contributed by atoms with Gasteiger partial charge in [-0.25, -0.2) is 0 Å². The molecule has 0 saturated heterocycles. The Morgan fingerprint density at radius 3 is 2.64 bits per heavy atom. The second-order valence-corrected chi connectivity index (χ2v) is 2.99. The summed E-state index contributed by atoms with van der Waals surface area (Å²) >= 11 is 0.906. The standard InChI is InChI=1S/C5H4N2O3S/c1-3-4(2-8)6-5(11-3)7(9)10/h2H,1H3. The Kier molecular flexibility index (Phi) is 1.95. The number of carbonyl (C=O) groups is 1. The number of hydrogen-bond donors (Lipinski definition) is 0. The van der Waals surface area contributed by atoms with E-state index in [9.17, 15) is 14.9 Å². The minimum Gasteiger partial charge on any atom is -0.357 e. The average Bonchev–Trinajstić information content (AvgIpc) is 2.31. The third-order valence-corrected chi connectivity index (χ3v) is 2.03. The van der Waals surface area contributed by atoms with Gasteiger partial charge in [0.15, 0.2) is 6.29 Å². The highest BCUT2D eigenvalue weighted by molar-refractivity contribution is 7.15. The van der Waals surface area contributed by atoms with Crippen LogP contribution in [-0.4, -0.2) is 16.2 Å². The molecule has 0 aliphatic rings. The van der Waals surface area contributed by atoms with Gasteiger partial charge in [-0.3, -0.25) is 4.79 Å². The lowest BCUT2D eigenvalue weighted by atomic mass is 10.4. The SMILES string of the molecule is Cc1sc([N+](=O)[O-])nc1C=O. The van der Waals surface area contributed by atoms with Crippen LogP contribution in [0.15, 0.2) is 0 Å². The molecule has 1 heterocycles. The molecule has 0 amide bonds. The van der Waals surface area contributed by atoms with E-state index in [0.717, 1.165) is 11.3 Å². The zero-order valence-corrected chi connectivity index (χ0v) is 6.42. The summed E-state index contributed by atoms with van der Waals surface area (Å²) in [5, 5.41) is 9.89. The molecule has 5 nitrogen and oxygen atoms in total. The van der Waals surface area contributed by atoms with Gasteiger partial charge in [-0.05, 0) is 28.2 Å². The Labute approximate surface area is 65.8 Å². The van der Waals surface area contributed by atoms with Gasteiger partial charge < -0.3 is 10.1 Å². The van der Waals surface area contributed by atoms with Crippen molar-refractivity contribution >= 4 is 22.8 Å². The van der Waals surface area contributed by atoms with Gasteiger partial charge in [-0.1, -0.05) is 0 Å². The van der Waals surface area contributed by atoms with E-state index in [1.54, 1.807) is 6.92 Å². The lowest BCUT2D eigenvalue weighted by Gasteiger charge is -1.81. The number of aromatic nitrogens is 1. The molecule has 0 aliphatic carbocycles. The molecular formula is C5H4N2O3S. The van der Waals surface area contributed by atoms with Crippen LogP contribution in [0.1, 0.15) is 15.4 Å². The van der Waals surface area contributed by atoms with Crippen LogP contribution in [0.3, 0.4) is 0 Å². The average molecular weight is 172 g/mol. The minimum absolute atomic E-state index is 0.154. The first-order valence-electron chi connectivity index (χ1n) is 2.72. The van der Waals surface area contributed by atoms with Gasteiger partial charge in [0.1, 0.15) is 0 Å². The van der Waals surface area contributed by atoms with Crippen LogP contribution in [0.4, 0.5) is 5.13 Å². The molecule has 0 fully saturated rings. The number of carbonyl (C=O) groups excluding carboxylic acids is 1. The number of thiazole rings is 1. The fourth-order valence-corrected chi connectivity index (χ4v) is 1.27. The number of nitro groups is 1. The van der Waals surface area contributed by atoms with Crippen molar-refractivity contribution in [3.63, 3.8) is 0 Å². The van der Waals surface area contributed by atoms with Crippen LogP contribution >= 0.6 is 11.3 Å². The van der Waals surface area contributed by atoms with Crippen molar-refractivity contribution in [1.82, 2.24) is 4.98 Å². The van der Waals surface area contributed by atoms with Gasteiger partial charge in [0.2, 0.25) is 5.69 Å². The van der Waals surface area contributed by atoms with Crippen LogP contribution in [0.25, 0.3) is 0 Å². The highest BCUT2D eigenvalue weighted by Crippen LogP contribution is 2.22. The largest absolute Gasteiger partial charge is 0.424 e. The maximum absolute atomic E-state index is 10.2. The van der Waals surface area contributed by atoms with E-state index in [1.165, 1.54) is 0 Å². The molecule has 1 rings (SSSR count). The summed E-state index contributed by atoms with van der Waals surface area (Å²) in [5.41, 5.74) is 0.154. The van der Waals surface area contributed by atoms with Crippen molar-refractivity contribution in [3.8, 4) is 0 Å². The summed E-state index contributed by atoms with van der Waals surface area (Å²) in [4.78, 5) is 23.8. The van der Waals surface area contributed by atoms with E-state index in [1.807, 2.05) is 0 Å². The Morgan fingerprint density at radius 1 is 1.73 bits per heavy atom. The summed E-state index contributed by atoms with van der Waals surface area (Å²) < 4.78 is 0. The normalized spacial score (nSPS) is 9.55. The zero-order valence-electron chi connectivity index (χ0n) is 5.60. The van der Waals surface area contributed by atoms with E-state index in [2.05, 4.69) is 4.98 Å². The molecule has 0 N–H and O–H groups in total. The van der Waals surface area contributed by atoms with Gasteiger partial charge in [0.05, 0.1) is 4.88 Å². The second-order valence-electron chi connectivity index (χ2n) is 1.81. The lowest BCUT2D eigenvalue weighted by molar-refractivity contribution is -0.384. The summed E-state index contributed by atoms with van der Waals surface area (Å²) in [6.45, 7) is 1.62. The van der Waals surface area contributed by atoms with Crippen molar-refractivity contribution in [1.29, 1.82) is 0 Å². The van der Waals surface area contributed by atoms with Crippen molar-refractivity contribution in [2.75, 3.05) is 0 Å². The Balaban J connectivity index is 3.14. The fourth-order valence-electron chi connectivity index (χ4n) is 0.581. The molecule has 0 aliphatic heterocycles. The van der Waals surface area contributed by atoms with Crippen molar-refractivity contribution in [3.05, 3.63) is 20.7 Å². The van der Waals surface area contributed by atoms with Gasteiger partial charge in [-0.15, -0.1) is 0 Å². The maximum atomic E-state index is 10.2. The predicted octanol–water partition coefficient (Wildman–Crippen LogP) is 1.17. The Bertz CT molecular complexity index is 307. The molecule has 0 atom stereocenters. The number of rotatable bonds is 2. The maximum Gasteiger partial charge on any atom is 0.424 e. The molecule has 0 bridgehead atoms. The van der Waals surface area contributed by atoms with Crippen molar-refractivity contribution in [2.45, 2.75) is 6.92 Å². The highest BCUT2D eigenvalue weighted by atomic mass is 32.1. The summed E-state index contributed by atoms with van der Waals surface area (Å²) in [5.74, 6) is 0. The molecule has 11 heavy (non-hydrogen) atoms. The van der Waals surface area contributed by atoms with Crippen molar-refractivity contribution in [2.24, 2.45) is 0 Å². The molecule has 0 unspecified atom stereocenters.